The van der Waals surface area contributed by atoms with E-state index in [9.17, 15) is 14.4 Å². The predicted octanol–water partition coefficient (Wildman–Crippen LogP) is 0.965. The Morgan fingerprint density at radius 1 is 1.11 bits per heavy atom. The number of amides is 4. The molecule has 1 fully saturated rings. The zero-order valence-electron chi connectivity index (χ0n) is 16.1. The third-order valence-electron chi connectivity index (χ3n) is 4.75. The van der Waals surface area contributed by atoms with Crippen LogP contribution in [0.1, 0.15) is 18.9 Å². The highest BCUT2D eigenvalue weighted by Gasteiger charge is 2.51. The normalized spacial score (nSPS) is 19.3. The maximum Gasteiger partial charge on any atom is 0.325 e. The highest BCUT2D eigenvalue weighted by atomic mass is 16.5. The number of imide groups is 1. The third kappa shape index (κ3) is 4.45. The van der Waals surface area contributed by atoms with Crippen LogP contribution in [0.5, 0.6) is 0 Å². The lowest BCUT2D eigenvalue weighted by atomic mass is 9.87. The van der Waals surface area contributed by atoms with Crippen molar-refractivity contribution < 1.29 is 23.9 Å². The van der Waals surface area contributed by atoms with Gasteiger partial charge in [0, 0.05) is 27.3 Å². The topological polar surface area (TPSA) is 88.2 Å². The first kappa shape index (κ1) is 20.9. The molecule has 0 spiro atoms. The molecule has 8 nitrogen and oxygen atoms in total. The molecule has 1 aliphatic rings. The van der Waals surface area contributed by atoms with E-state index < -0.39 is 17.5 Å². The summed E-state index contributed by atoms with van der Waals surface area (Å²) in [6.45, 7) is 2.96. The van der Waals surface area contributed by atoms with Crippen LogP contribution in [0.25, 0.3) is 0 Å². The van der Waals surface area contributed by atoms with Crippen LogP contribution in [0, 0.1) is 0 Å². The summed E-state index contributed by atoms with van der Waals surface area (Å²) < 4.78 is 10.1. The molecule has 1 aromatic rings. The largest absolute Gasteiger partial charge is 0.383 e. The molecule has 2 rings (SSSR count). The number of carbonyl (C=O) groups is 3. The van der Waals surface area contributed by atoms with Gasteiger partial charge in [-0.2, -0.15) is 0 Å². The van der Waals surface area contributed by atoms with Crippen LogP contribution in [-0.2, 0) is 24.6 Å². The van der Waals surface area contributed by atoms with E-state index in [2.05, 4.69) is 5.32 Å². The molecule has 1 saturated heterocycles. The quantitative estimate of drug-likeness (QED) is 0.614. The van der Waals surface area contributed by atoms with E-state index >= 15 is 0 Å². The second kappa shape index (κ2) is 9.48. The highest BCUT2D eigenvalue weighted by molar-refractivity contribution is 6.09. The molecule has 4 amide bonds. The first-order valence-electron chi connectivity index (χ1n) is 8.95. The number of nitrogens with one attached hydrogen (secondary N) is 1. The fourth-order valence-electron chi connectivity index (χ4n) is 3.13. The van der Waals surface area contributed by atoms with Gasteiger partial charge in [-0.1, -0.05) is 37.3 Å². The number of hydrogen-bond donors (Lipinski definition) is 1. The van der Waals surface area contributed by atoms with Gasteiger partial charge >= 0.3 is 6.03 Å². The SMILES string of the molecule is CC[C@@]1(c2ccccc2)NC(=O)N(CC(=O)N(CCOC)CCOC)C1=O. The smallest absolute Gasteiger partial charge is 0.325 e. The average molecular weight is 377 g/mol. The van der Waals surface area contributed by atoms with Crippen molar-refractivity contribution in [2.45, 2.75) is 18.9 Å². The lowest BCUT2D eigenvalue weighted by Crippen LogP contribution is -2.46. The number of urea groups is 1. The second-order valence-electron chi connectivity index (χ2n) is 6.31. The van der Waals surface area contributed by atoms with Gasteiger partial charge in [0.05, 0.1) is 13.2 Å². The zero-order valence-corrected chi connectivity index (χ0v) is 16.1. The van der Waals surface area contributed by atoms with Crippen molar-refractivity contribution in [1.29, 1.82) is 0 Å². The van der Waals surface area contributed by atoms with Gasteiger partial charge in [0.25, 0.3) is 5.91 Å². The van der Waals surface area contributed by atoms with Gasteiger partial charge in [-0.3, -0.25) is 14.5 Å². The monoisotopic (exact) mass is 377 g/mol. The van der Waals surface area contributed by atoms with E-state index in [1.807, 2.05) is 25.1 Å². The standard InChI is InChI=1S/C19H27N3O5/c1-4-19(15-8-6-5-7-9-15)17(24)22(18(25)20-19)14-16(23)21(10-12-26-2)11-13-27-3/h5-9H,4,10-14H2,1-3H3,(H,20,25)/t19-/m0/s1. The molecular weight excluding hydrogens is 350 g/mol. The van der Waals surface area contributed by atoms with Crippen LogP contribution >= 0.6 is 0 Å². The van der Waals surface area contributed by atoms with E-state index in [1.165, 1.54) is 4.90 Å². The summed E-state index contributed by atoms with van der Waals surface area (Å²) in [4.78, 5) is 40.8. The van der Waals surface area contributed by atoms with Crippen molar-refractivity contribution in [1.82, 2.24) is 15.1 Å². The predicted molar refractivity (Wildman–Crippen MR) is 99.0 cm³/mol. The van der Waals surface area contributed by atoms with Crippen molar-refractivity contribution in [3.05, 3.63) is 35.9 Å². The summed E-state index contributed by atoms with van der Waals surface area (Å²) in [5, 5.41) is 2.78. The van der Waals surface area contributed by atoms with Crippen LogP contribution < -0.4 is 5.32 Å². The van der Waals surface area contributed by atoms with Gasteiger partial charge in [0.1, 0.15) is 12.1 Å². The minimum absolute atomic E-state index is 0.313. The molecule has 0 aliphatic carbocycles. The first-order chi connectivity index (χ1) is 13.0. The molecule has 0 unspecified atom stereocenters. The lowest BCUT2D eigenvalue weighted by molar-refractivity contribution is -0.140. The number of benzene rings is 1. The van der Waals surface area contributed by atoms with E-state index in [-0.39, 0.29) is 12.5 Å². The Bertz CT molecular complexity index is 659. The summed E-state index contributed by atoms with van der Waals surface area (Å²) in [5.41, 5.74) is -0.431. The Labute approximate surface area is 159 Å². The van der Waals surface area contributed by atoms with Gasteiger partial charge in [-0.05, 0) is 12.0 Å². The number of methoxy groups -OCH3 is 2. The maximum atomic E-state index is 13.1. The van der Waals surface area contributed by atoms with Gasteiger partial charge in [0.15, 0.2) is 0 Å². The molecule has 1 atom stereocenters. The Morgan fingerprint density at radius 3 is 2.22 bits per heavy atom. The van der Waals surface area contributed by atoms with Crippen molar-refractivity contribution in [3.63, 3.8) is 0 Å². The number of carbonyl (C=O) groups excluding carboxylic acids is 3. The Kier molecular flexibility index (Phi) is 7.32. The molecule has 148 valence electrons. The summed E-state index contributed by atoms with van der Waals surface area (Å²) in [5.74, 6) is -0.736. The van der Waals surface area contributed by atoms with Gasteiger partial charge < -0.3 is 19.7 Å². The van der Waals surface area contributed by atoms with Crippen LogP contribution in [0.4, 0.5) is 4.79 Å². The van der Waals surface area contributed by atoms with Crippen LogP contribution in [0.2, 0.25) is 0 Å². The van der Waals surface area contributed by atoms with E-state index in [0.717, 1.165) is 4.90 Å². The molecule has 1 heterocycles. The minimum Gasteiger partial charge on any atom is -0.383 e. The molecule has 27 heavy (non-hydrogen) atoms. The minimum atomic E-state index is -1.14. The van der Waals surface area contributed by atoms with E-state index in [1.54, 1.807) is 26.4 Å². The summed E-state index contributed by atoms with van der Waals surface area (Å²) in [6.07, 6.45) is 0.392. The van der Waals surface area contributed by atoms with Crippen LogP contribution in [0.15, 0.2) is 30.3 Å². The lowest BCUT2D eigenvalue weighted by Gasteiger charge is -2.27. The number of rotatable bonds is 10. The molecule has 8 heteroatoms. The van der Waals surface area contributed by atoms with E-state index in [0.29, 0.717) is 38.3 Å². The van der Waals surface area contributed by atoms with Crippen molar-refractivity contribution in [2.24, 2.45) is 0 Å². The number of nitrogens with zero attached hydrogens (tertiary/aromatic N) is 2. The van der Waals surface area contributed by atoms with Crippen molar-refractivity contribution >= 4 is 17.8 Å². The molecule has 0 aromatic heterocycles. The van der Waals surface area contributed by atoms with Crippen LogP contribution in [0.3, 0.4) is 0 Å². The molecule has 1 aliphatic heterocycles. The highest BCUT2D eigenvalue weighted by Crippen LogP contribution is 2.32. The Balaban J connectivity index is 2.17. The third-order valence-corrected chi connectivity index (χ3v) is 4.75. The Morgan fingerprint density at radius 2 is 1.70 bits per heavy atom. The molecule has 0 bridgehead atoms. The number of hydrogen-bond acceptors (Lipinski definition) is 5. The molecular formula is C19H27N3O5. The molecule has 1 aromatic carbocycles. The second-order valence-corrected chi connectivity index (χ2v) is 6.31. The fourth-order valence-corrected chi connectivity index (χ4v) is 3.13. The first-order valence-corrected chi connectivity index (χ1v) is 8.95. The van der Waals surface area contributed by atoms with Gasteiger partial charge in [-0.25, -0.2) is 4.79 Å². The number of ether oxygens (including phenoxy) is 2. The van der Waals surface area contributed by atoms with Crippen molar-refractivity contribution in [2.75, 3.05) is 47.1 Å². The van der Waals surface area contributed by atoms with Crippen molar-refractivity contribution in [3.8, 4) is 0 Å². The summed E-state index contributed by atoms with van der Waals surface area (Å²) in [7, 11) is 3.10. The van der Waals surface area contributed by atoms with Crippen LogP contribution in [-0.4, -0.2) is 74.7 Å². The molecule has 1 N–H and O–H groups in total. The maximum absolute atomic E-state index is 13.1. The zero-order chi connectivity index (χ0) is 19.9. The van der Waals surface area contributed by atoms with Gasteiger partial charge in [0.2, 0.25) is 5.91 Å². The average Bonchev–Trinajstić information content (AvgIpc) is 2.93. The molecule has 0 radical (unpaired) electrons. The Hall–Kier alpha value is -2.45. The fraction of sp³-hybridized carbons (Fsp3) is 0.526. The van der Waals surface area contributed by atoms with Gasteiger partial charge in [-0.15, -0.1) is 0 Å². The van der Waals surface area contributed by atoms with E-state index in [4.69, 9.17) is 9.47 Å². The summed E-state index contributed by atoms with van der Waals surface area (Å²) in [6, 6.07) is 8.53. The summed E-state index contributed by atoms with van der Waals surface area (Å²) >= 11 is 0. The molecule has 0 saturated carbocycles.